The van der Waals surface area contributed by atoms with E-state index < -0.39 is 0 Å². The lowest BCUT2D eigenvalue weighted by molar-refractivity contribution is -0.0931. The van der Waals surface area contributed by atoms with Crippen LogP contribution in [0.3, 0.4) is 0 Å². The number of benzene rings is 1. The van der Waals surface area contributed by atoms with Gasteiger partial charge in [-0.3, -0.25) is 0 Å². The molecule has 3 heterocycles. The summed E-state index contributed by atoms with van der Waals surface area (Å²) in [4.78, 5) is 3.73. The predicted molar refractivity (Wildman–Crippen MR) is 82.1 cm³/mol. The Morgan fingerprint density at radius 3 is 2.70 bits per heavy atom. The van der Waals surface area contributed by atoms with Crippen LogP contribution in [0.5, 0.6) is 0 Å². The zero-order valence-electron chi connectivity index (χ0n) is 11.7. The van der Waals surface area contributed by atoms with Gasteiger partial charge in [0.2, 0.25) is 0 Å². The number of hydrogen-bond acceptors (Lipinski definition) is 3. The Labute approximate surface area is 124 Å². The number of thiophene rings is 1. The molecule has 0 N–H and O–H groups in total. The fourth-order valence-corrected chi connectivity index (χ4v) is 4.28. The maximum Gasteiger partial charge on any atom is 0.118 e. The van der Waals surface area contributed by atoms with Crippen molar-refractivity contribution in [2.75, 3.05) is 20.1 Å². The summed E-state index contributed by atoms with van der Waals surface area (Å²) < 4.78 is 6.64. The summed E-state index contributed by atoms with van der Waals surface area (Å²) in [5, 5.41) is 2.14. The second-order valence-electron chi connectivity index (χ2n) is 5.90. The highest BCUT2D eigenvalue weighted by atomic mass is 32.1. The number of fused-ring (bicyclic) bond motifs is 2. The van der Waals surface area contributed by atoms with Gasteiger partial charge in [0.1, 0.15) is 6.10 Å². The van der Waals surface area contributed by atoms with Crippen LogP contribution >= 0.6 is 11.3 Å². The van der Waals surface area contributed by atoms with Crippen LogP contribution < -0.4 is 0 Å². The first-order valence-corrected chi connectivity index (χ1v) is 8.16. The van der Waals surface area contributed by atoms with E-state index in [0.717, 1.165) is 25.9 Å². The van der Waals surface area contributed by atoms with E-state index in [-0.39, 0.29) is 11.7 Å². The predicted octanol–water partition coefficient (Wildman–Crippen LogP) is 3.79. The van der Waals surface area contributed by atoms with Crippen LogP contribution in [0.1, 0.15) is 34.9 Å². The normalized spacial score (nSPS) is 24.9. The molecule has 0 aliphatic carbocycles. The molecule has 104 valence electrons. The van der Waals surface area contributed by atoms with Crippen LogP contribution in [0, 0.1) is 0 Å². The van der Waals surface area contributed by atoms with Crippen molar-refractivity contribution in [3.05, 3.63) is 57.8 Å². The van der Waals surface area contributed by atoms with Gasteiger partial charge in [-0.1, -0.05) is 30.3 Å². The van der Waals surface area contributed by atoms with Gasteiger partial charge in [-0.05, 0) is 42.5 Å². The Kier molecular flexibility index (Phi) is 2.95. The minimum atomic E-state index is -0.0578. The smallest absolute Gasteiger partial charge is 0.118 e. The quantitative estimate of drug-likeness (QED) is 0.790. The van der Waals surface area contributed by atoms with Crippen molar-refractivity contribution >= 4 is 11.3 Å². The molecule has 0 amide bonds. The van der Waals surface area contributed by atoms with Crippen LogP contribution in [0.15, 0.2) is 41.8 Å². The summed E-state index contributed by atoms with van der Waals surface area (Å²) >= 11 is 1.80. The lowest BCUT2D eigenvalue weighted by Crippen LogP contribution is -2.40. The zero-order chi connectivity index (χ0) is 13.6. The summed E-state index contributed by atoms with van der Waals surface area (Å²) in [6, 6.07) is 13.1. The number of ether oxygens (including phenoxy) is 1. The molecular weight excluding hydrogens is 266 g/mol. The molecule has 1 spiro atoms. The van der Waals surface area contributed by atoms with Gasteiger partial charge < -0.3 is 9.64 Å². The third-order valence-electron chi connectivity index (χ3n) is 4.67. The summed E-state index contributed by atoms with van der Waals surface area (Å²) in [6.07, 6.45) is 2.33. The molecule has 0 saturated carbocycles. The highest BCUT2D eigenvalue weighted by Crippen LogP contribution is 2.51. The van der Waals surface area contributed by atoms with Crippen LogP contribution in [0.4, 0.5) is 0 Å². The van der Waals surface area contributed by atoms with E-state index in [9.17, 15) is 0 Å². The molecule has 2 nitrogen and oxygen atoms in total. The first kappa shape index (κ1) is 12.6. The average Bonchev–Trinajstić information content (AvgIpc) is 3.10. The van der Waals surface area contributed by atoms with Crippen LogP contribution in [0.25, 0.3) is 0 Å². The highest BCUT2D eigenvalue weighted by molar-refractivity contribution is 7.10. The first-order chi connectivity index (χ1) is 9.78. The number of nitrogens with zero attached hydrogens (tertiary/aromatic N) is 1. The Bertz CT molecular complexity index is 599. The summed E-state index contributed by atoms with van der Waals surface area (Å²) in [5.41, 5.74) is 2.74. The SMILES string of the molecule is CN1CCC2(CC1)OC(c1cccs1)c1ccccc12. The van der Waals surface area contributed by atoms with E-state index in [4.69, 9.17) is 4.74 Å². The van der Waals surface area contributed by atoms with Crippen LogP contribution in [-0.2, 0) is 10.3 Å². The molecule has 3 heteroatoms. The van der Waals surface area contributed by atoms with Gasteiger partial charge in [0.25, 0.3) is 0 Å². The summed E-state index contributed by atoms with van der Waals surface area (Å²) in [5.74, 6) is 0. The molecule has 1 atom stereocenters. The van der Waals surface area contributed by atoms with Crippen molar-refractivity contribution < 1.29 is 4.74 Å². The van der Waals surface area contributed by atoms with Crippen molar-refractivity contribution in [1.82, 2.24) is 4.90 Å². The average molecular weight is 285 g/mol. The topological polar surface area (TPSA) is 12.5 Å². The molecule has 4 rings (SSSR count). The van der Waals surface area contributed by atoms with Crippen LogP contribution in [-0.4, -0.2) is 25.0 Å². The Hall–Kier alpha value is -1.16. The van der Waals surface area contributed by atoms with Gasteiger partial charge in [-0.25, -0.2) is 0 Å². The van der Waals surface area contributed by atoms with Crippen molar-refractivity contribution in [2.45, 2.75) is 24.5 Å². The maximum absolute atomic E-state index is 6.64. The van der Waals surface area contributed by atoms with Crippen LogP contribution in [0.2, 0.25) is 0 Å². The van der Waals surface area contributed by atoms with Gasteiger partial charge >= 0.3 is 0 Å². The van der Waals surface area contributed by atoms with Gasteiger partial charge in [-0.15, -0.1) is 11.3 Å². The fourth-order valence-electron chi connectivity index (χ4n) is 3.51. The second-order valence-corrected chi connectivity index (χ2v) is 6.88. The fraction of sp³-hybridized carbons (Fsp3) is 0.412. The summed E-state index contributed by atoms with van der Waals surface area (Å²) in [7, 11) is 2.20. The molecule has 0 bridgehead atoms. The molecule has 20 heavy (non-hydrogen) atoms. The second kappa shape index (κ2) is 4.69. The molecule has 2 aromatic rings. The summed E-state index contributed by atoms with van der Waals surface area (Å²) in [6.45, 7) is 2.23. The monoisotopic (exact) mass is 285 g/mol. The standard InChI is InChI=1S/C17H19NOS/c1-18-10-8-17(9-11-18)14-6-3-2-5-13(14)16(19-17)15-7-4-12-20-15/h2-7,12,16H,8-11H2,1H3. The van der Waals surface area contributed by atoms with Gasteiger partial charge in [-0.2, -0.15) is 0 Å². The lowest BCUT2D eigenvalue weighted by atomic mass is 9.83. The minimum absolute atomic E-state index is 0.0578. The molecule has 2 aliphatic heterocycles. The van der Waals surface area contributed by atoms with Gasteiger partial charge in [0, 0.05) is 18.0 Å². The third kappa shape index (κ3) is 1.85. The zero-order valence-corrected chi connectivity index (χ0v) is 12.5. The van der Waals surface area contributed by atoms with Crippen molar-refractivity contribution in [3.8, 4) is 0 Å². The van der Waals surface area contributed by atoms with E-state index >= 15 is 0 Å². The van der Waals surface area contributed by atoms with Crippen molar-refractivity contribution in [2.24, 2.45) is 0 Å². The molecule has 1 unspecified atom stereocenters. The van der Waals surface area contributed by atoms with Gasteiger partial charge in [0.05, 0.1) is 5.60 Å². The van der Waals surface area contributed by atoms with Crippen molar-refractivity contribution in [1.29, 1.82) is 0 Å². The molecule has 1 saturated heterocycles. The molecular formula is C17H19NOS. The van der Waals surface area contributed by atoms with E-state index in [1.807, 2.05) is 0 Å². The number of likely N-dealkylation sites (tertiary alicyclic amines) is 1. The molecule has 1 aromatic heterocycles. The molecule has 0 radical (unpaired) electrons. The molecule has 2 aliphatic rings. The lowest BCUT2D eigenvalue weighted by Gasteiger charge is -2.38. The number of hydrogen-bond donors (Lipinski definition) is 0. The van der Waals surface area contributed by atoms with E-state index in [1.165, 1.54) is 16.0 Å². The van der Waals surface area contributed by atoms with Crippen molar-refractivity contribution in [3.63, 3.8) is 0 Å². The minimum Gasteiger partial charge on any atom is -0.357 e. The number of rotatable bonds is 1. The maximum atomic E-state index is 6.64. The first-order valence-electron chi connectivity index (χ1n) is 7.28. The van der Waals surface area contributed by atoms with Gasteiger partial charge in [0.15, 0.2) is 0 Å². The molecule has 1 fully saturated rings. The van der Waals surface area contributed by atoms with E-state index in [1.54, 1.807) is 11.3 Å². The molecule has 1 aromatic carbocycles. The largest absolute Gasteiger partial charge is 0.357 e. The number of piperidine rings is 1. The Morgan fingerprint density at radius 1 is 1.15 bits per heavy atom. The Morgan fingerprint density at radius 2 is 1.95 bits per heavy atom. The third-order valence-corrected chi connectivity index (χ3v) is 5.59. The van der Waals surface area contributed by atoms with E-state index in [0.29, 0.717) is 0 Å². The Balaban J connectivity index is 1.77. The highest BCUT2D eigenvalue weighted by Gasteiger charge is 2.46. The van der Waals surface area contributed by atoms with E-state index in [2.05, 4.69) is 53.7 Å².